The molecule has 2 saturated heterocycles. The average Bonchev–Trinajstić information content (AvgIpc) is 2.66. The van der Waals surface area contributed by atoms with Gasteiger partial charge in [0.25, 0.3) is 0 Å². The number of hydrogen-bond acceptors (Lipinski definition) is 3. The molecule has 2 fully saturated rings. The molecule has 6 heteroatoms. The van der Waals surface area contributed by atoms with Crippen molar-refractivity contribution < 1.29 is 9.59 Å². The second kappa shape index (κ2) is 4.76. The van der Waals surface area contributed by atoms with Gasteiger partial charge in [-0.1, -0.05) is 0 Å². The van der Waals surface area contributed by atoms with Crippen LogP contribution < -0.4 is 10.6 Å². The Bertz CT molecular complexity index is 350. The Balaban J connectivity index is 1.84. The van der Waals surface area contributed by atoms with E-state index in [9.17, 15) is 9.59 Å². The van der Waals surface area contributed by atoms with Gasteiger partial charge < -0.3 is 20.4 Å². The van der Waals surface area contributed by atoms with Crippen LogP contribution in [0.3, 0.4) is 0 Å². The van der Waals surface area contributed by atoms with Crippen molar-refractivity contribution in [1.82, 2.24) is 20.4 Å². The van der Waals surface area contributed by atoms with Gasteiger partial charge in [0.1, 0.15) is 0 Å². The smallest absolute Gasteiger partial charge is 0.317 e. The van der Waals surface area contributed by atoms with Crippen LogP contribution >= 0.6 is 0 Å². The zero-order valence-corrected chi connectivity index (χ0v) is 11.3. The molecule has 2 rings (SSSR count). The van der Waals surface area contributed by atoms with Crippen LogP contribution in [0.5, 0.6) is 0 Å². The second-order valence-electron chi connectivity index (χ2n) is 5.98. The molecule has 0 aromatic rings. The molecule has 1 atom stereocenters. The van der Waals surface area contributed by atoms with Crippen molar-refractivity contribution >= 4 is 11.9 Å². The van der Waals surface area contributed by atoms with Crippen molar-refractivity contribution in [1.29, 1.82) is 0 Å². The number of carbonyl (C=O) groups excluding carboxylic acids is 2. The number of urea groups is 1. The quantitative estimate of drug-likeness (QED) is 0.705. The maximum absolute atomic E-state index is 12.1. The largest absolute Gasteiger partial charge is 0.338 e. The summed E-state index contributed by atoms with van der Waals surface area (Å²) in [4.78, 5) is 27.2. The van der Waals surface area contributed by atoms with Crippen molar-refractivity contribution in [3.8, 4) is 0 Å². The van der Waals surface area contributed by atoms with Gasteiger partial charge in [-0.3, -0.25) is 4.79 Å². The lowest BCUT2D eigenvalue weighted by atomic mass is 10.1. The minimum absolute atomic E-state index is 0.0000782. The second-order valence-corrected chi connectivity index (χ2v) is 5.98. The van der Waals surface area contributed by atoms with Crippen LogP contribution in [0.15, 0.2) is 0 Å². The predicted octanol–water partition coefficient (Wildman–Crippen LogP) is -0.389. The molecular formula is C12H22N4O2. The van der Waals surface area contributed by atoms with Gasteiger partial charge >= 0.3 is 6.03 Å². The molecule has 3 amide bonds. The Morgan fingerprint density at radius 1 is 1.44 bits per heavy atom. The SMILES string of the molecule is CC(C)(C)NCC(=O)N1CCN2C(=O)NCC2C1. The molecular weight excluding hydrogens is 232 g/mol. The predicted molar refractivity (Wildman–Crippen MR) is 68.2 cm³/mol. The van der Waals surface area contributed by atoms with Crippen molar-refractivity contribution in [2.24, 2.45) is 0 Å². The van der Waals surface area contributed by atoms with E-state index in [2.05, 4.69) is 10.6 Å². The van der Waals surface area contributed by atoms with E-state index < -0.39 is 0 Å². The molecule has 1 unspecified atom stereocenters. The number of nitrogens with zero attached hydrogens (tertiary/aromatic N) is 2. The Morgan fingerprint density at radius 2 is 2.17 bits per heavy atom. The number of piperazine rings is 1. The molecule has 102 valence electrons. The summed E-state index contributed by atoms with van der Waals surface area (Å²) in [7, 11) is 0. The molecule has 0 aromatic heterocycles. The highest BCUT2D eigenvalue weighted by Gasteiger charge is 2.36. The van der Waals surface area contributed by atoms with Gasteiger partial charge in [0.05, 0.1) is 12.6 Å². The number of amides is 3. The average molecular weight is 254 g/mol. The molecule has 2 aliphatic rings. The summed E-state index contributed by atoms with van der Waals surface area (Å²) in [6, 6.07) is 0.143. The highest BCUT2D eigenvalue weighted by atomic mass is 16.2. The van der Waals surface area contributed by atoms with E-state index in [-0.39, 0.29) is 23.5 Å². The third-order valence-corrected chi connectivity index (χ3v) is 3.36. The fraction of sp³-hybridized carbons (Fsp3) is 0.833. The lowest BCUT2D eigenvalue weighted by Crippen LogP contribution is -2.56. The highest BCUT2D eigenvalue weighted by molar-refractivity contribution is 5.80. The van der Waals surface area contributed by atoms with Gasteiger partial charge in [0.15, 0.2) is 0 Å². The normalized spacial score (nSPS) is 23.9. The van der Waals surface area contributed by atoms with Crippen LogP contribution in [-0.4, -0.2) is 66.0 Å². The zero-order chi connectivity index (χ0) is 13.3. The van der Waals surface area contributed by atoms with Crippen LogP contribution in [-0.2, 0) is 4.79 Å². The summed E-state index contributed by atoms with van der Waals surface area (Å²) in [5.41, 5.74) is -0.0532. The van der Waals surface area contributed by atoms with E-state index in [1.165, 1.54) is 0 Å². The van der Waals surface area contributed by atoms with Crippen LogP contribution in [0.4, 0.5) is 4.79 Å². The summed E-state index contributed by atoms with van der Waals surface area (Å²) in [5, 5.41) is 6.01. The Kier molecular flexibility index (Phi) is 3.47. The molecule has 0 aromatic carbocycles. The van der Waals surface area contributed by atoms with Crippen LogP contribution in [0.2, 0.25) is 0 Å². The molecule has 6 nitrogen and oxygen atoms in total. The molecule has 2 N–H and O–H groups in total. The van der Waals surface area contributed by atoms with E-state index in [1.54, 1.807) is 0 Å². The molecule has 18 heavy (non-hydrogen) atoms. The van der Waals surface area contributed by atoms with E-state index >= 15 is 0 Å². The van der Waals surface area contributed by atoms with Gasteiger partial charge in [-0.25, -0.2) is 4.79 Å². The topological polar surface area (TPSA) is 64.7 Å². The lowest BCUT2D eigenvalue weighted by Gasteiger charge is -2.37. The molecule has 0 bridgehead atoms. The Labute approximate surface area is 108 Å². The summed E-state index contributed by atoms with van der Waals surface area (Å²) >= 11 is 0. The molecule has 2 aliphatic heterocycles. The van der Waals surface area contributed by atoms with Gasteiger partial charge in [0.2, 0.25) is 5.91 Å². The summed E-state index contributed by atoms with van der Waals surface area (Å²) < 4.78 is 0. The molecule has 0 spiro atoms. The maximum Gasteiger partial charge on any atom is 0.317 e. The number of rotatable bonds is 2. The fourth-order valence-corrected chi connectivity index (χ4v) is 2.28. The van der Waals surface area contributed by atoms with Crippen molar-refractivity contribution in [2.45, 2.75) is 32.4 Å². The monoisotopic (exact) mass is 254 g/mol. The Morgan fingerprint density at radius 3 is 2.83 bits per heavy atom. The highest BCUT2D eigenvalue weighted by Crippen LogP contribution is 2.14. The lowest BCUT2D eigenvalue weighted by molar-refractivity contribution is -0.132. The van der Waals surface area contributed by atoms with E-state index in [0.29, 0.717) is 32.7 Å². The number of carbonyl (C=O) groups is 2. The van der Waals surface area contributed by atoms with Crippen LogP contribution in [0.25, 0.3) is 0 Å². The van der Waals surface area contributed by atoms with Crippen molar-refractivity contribution in [2.75, 3.05) is 32.7 Å². The maximum atomic E-state index is 12.1. The minimum Gasteiger partial charge on any atom is -0.338 e. The summed E-state index contributed by atoms with van der Waals surface area (Å²) in [6.45, 7) is 9.04. The summed E-state index contributed by atoms with van der Waals surface area (Å²) in [6.07, 6.45) is 0. The first kappa shape index (κ1) is 13.1. The van der Waals surface area contributed by atoms with Crippen molar-refractivity contribution in [3.05, 3.63) is 0 Å². The molecule has 0 aliphatic carbocycles. The van der Waals surface area contributed by atoms with Crippen molar-refractivity contribution in [3.63, 3.8) is 0 Å². The number of hydrogen-bond donors (Lipinski definition) is 2. The zero-order valence-electron chi connectivity index (χ0n) is 11.3. The Hall–Kier alpha value is -1.30. The standard InChI is InChI=1S/C12H22N4O2/c1-12(2,3)14-7-10(17)15-4-5-16-9(8-15)6-13-11(16)18/h9,14H,4-8H2,1-3H3,(H,13,18). The molecule has 0 saturated carbocycles. The van der Waals surface area contributed by atoms with Gasteiger partial charge in [-0.2, -0.15) is 0 Å². The van der Waals surface area contributed by atoms with Crippen LogP contribution in [0, 0.1) is 0 Å². The van der Waals surface area contributed by atoms with E-state index in [4.69, 9.17) is 0 Å². The molecule has 0 radical (unpaired) electrons. The van der Waals surface area contributed by atoms with E-state index in [0.717, 1.165) is 0 Å². The minimum atomic E-state index is -0.0532. The van der Waals surface area contributed by atoms with Crippen LogP contribution in [0.1, 0.15) is 20.8 Å². The number of nitrogens with one attached hydrogen (secondary N) is 2. The molecule has 2 heterocycles. The summed E-state index contributed by atoms with van der Waals surface area (Å²) in [5.74, 6) is 0.115. The van der Waals surface area contributed by atoms with Gasteiger partial charge in [-0.05, 0) is 20.8 Å². The van der Waals surface area contributed by atoms with Gasteiger partial charge in [0, 0.05) is 31.7 Å². The first-order valence-electron chi connectivity index (χ1n) is 6.44. The first-order chi connectivity index (χ1) is 8.37. The third-order valence-electron chi connectivity index (χ3n) is 3.36. The first-order valence-corrected chi connectivity index (χ1v) is 6.44. The number of fused-ring (bicyclic) bond motifs is 1. The van der Waals surface area contributed by atoms with Gasteiger partial charge in [-0.15, -0.1) is 0 Å². The van der Waals surface area contributed by atoms with E-state index in [1.807, 2.05) is 30.6 Å². The third kappa shape index (κ3) is 2.93. The fourth-order valence-electron chi connectivity index (χ4n) is 2.28.